The van der Waals surface area contributed by atoms with Gasteiger partial charge in [0.2, 0.25) is 0 Å². The van der Waals surface area contributed by atoms with Crippen LogP contribution in [-0.2, 0) is 49.7 Å². The number of hydrogen-bond donors (Lipinski definition) is 2. The number of aliphatic hydroxyl groups is 2. The zero-order chi connectivity index (χ0) is 46.7. The van der Waals surface area contributed by atoms with Gasteiger partial charge in [-0.2, -0.15) is 0 Å². The van der Waals surface area contributed by atoms with Gasteiger partial charge in [0.25, 0.3) is 0 Å². The van der Waals surface area contributed by atoms with E-state index in [0.29, 0.717) is 47.1 Å². The lowest BCUT2D eigenvalue weighted by Gasteiger charge is -2.50. The van der Waals surface area contributed by atoms with Crippen LogP contribution in [0.15, 0.2) is 124 Å². The maximum absolute atomic E-state index is 15.1. The zero-order valence-electron chi connectivity index (χ0n) is 38.8. The molecule has 1 aromatic heterocycles. The normalized spacial score (nSPS) is 25.4. The Morgan fingerprint density at radius 3 is 2.34 bits per heavy atom. The minimum atomic E-state index is -1.26. The molecule has 10 nitrogen and oxygen atoms in total. The highest BCUT2D eigenvalue weighted by atomic mass is 16.6. The van der Waals surface area contributed by atoms with E-state index >= 15 is 4.79 Å². The van der Waals surface area contributed by atoms with Gasteiger partial charge in [-0.3, -0.25) is 4.79 Å². The Kier molecular flexibility index (Phi) is 14.0. The molecule has 5 aliphatic rings. The van der Waals surface area contributed by atoms with Crippen molar-refractivity contribution in [3.63, 3.8) is 0 Å². The van der Waals surface area contributed by atoms with Gasteiger partial charge in [0.1, 0.15) is 16.9 Å². The maximum atomic E-state index is 15.1. The molecule has 0 radical (unpaired) electrons. The second-order valence-electron chi connectivity index (χ2n) is 19.2. The van der Waals surface area contributed by atoms with E-state index in [9.17, 15) is 19.8 Å². The molecule has 10 heteroatoms. The van der Waals surface area contributed by atoms with Crippen molar-refractivity contribution < 1.29 is 43.2 Å². The summed E-state index contributed by atoms with van der Waals surface area (Å²) in [6.07, 6.45) is 9.26. The molecule has 5 aromatic rings. The van der Waals surface area contributed by atoms with Gasteiger partial charge >= 0.3 is 17.6 Å². The van der Waals surface area contributed by atoms with Crippen molar-refractivity contribution in [3.05, 3.63) is 169 Å². The maximum Gasteiger partial charge on any atom is 0.339 e. The molecular formula is C57H62O10. The van der Waals surface area contributed by atoms with Crippen LogP contribution in [0, 0.1) is 11.8 Å². The third kappa shape index (κ3) is 9.54. The second kappa shape index (κ2) is 20.2. The molecule has 0 amide bonds. The second-order valence-corrected chi connectivity index (χ2v) is 19.2. The Hall–Kier alpha value is -5.81. The van der Waals surface area contributed by atoms with Crippen LogP contribution in [0.5, 0.6) is 5.75 Å². The van der Waals surface area contributed by atoms with Gasteiger partial charge in [-0.1, -0.05) is 110 Å². The number of aryl methyl sites for hydroxylation is 1. The monoisotopic (exact) mass is 906 g/mol. The first kappa shape index (κ1) is 46.3. The largest absolute Gasteiger partial charge is 0.483 e. The van der Waals surface area contributed by atoms with E-state index in [1.807, 2.05) is 13.0 Å². The third-order valence-electron chi connectivity index (χ3n) is 15.1. The Labute approximate surface area is 392 Å². The van der Waals surface area contributed by atoms with Crippen LogP contribution < -0.4 is 10.4 Å². The number of aliphatic hydroxyl groups excluding tert-OH is 2. The fourth-order valence-corrected chi connectivity index (χ4v) is 11.3. The number of rotatable bonds is 9. The van der Waals surface area contributed by atoms with Gasteiger partial charge in [-0.25, -0.2) is 9.59 Å². The molecule has 2 bridgehead atoms. The van der Waals surface area contributed by atoms with Crippen molar-refractivity contribution >= 4 is 22.9 Å². The molecule has 350 valence electrons. The van der Waals surface area contributed by atoms with Gasteiger partial charge in [-0.15, -0.1) is 0 Å². The van der Waals surface area contributed by atoms with Crippen molar-refractivity contribution in [1.29, 1.82) is 0 Å². The number of esters is 2. The van der Waals surface area contributed by atoms with Gasteiger partial charge in [-0.05, 0) is 109 Å². The Bertz CT molecular complexity index is 2710. The molecule has 67 heavy (non-hydrogen) atoms. The van der Waals surface area contributed by atoms with E-state index in [0.717, 1.165) is 49.7 Å². The first-order valence-electron chi connectivity index (χ1n) is 24.1. The Morgan fingerprint density at radius 1 is 0.821 bits per heavy atom. The van der Waals surface area contributed by atoms with Crippen molar-refractivity contribution in [3.8, 4) is 5.75 Å². The number of benzene rings is 4. The fraction of sp³-hybridized carbons (Fsp3) is 0.421. The van der Waals surface area contributed by atoms with E-state index in [2.05, 4.69) is 84.9 Å². The van der Waals surface area contributed by atoms with Gasteiger partial charge in [0, 0.05) is 54.2 Å². The highest BCUT2D eigenvalue weighted by molar-refractivity contribution is 5.90. The average molecular weight is 907 g/mol. The van der Waals surface area contributed by atoms with E-state index in [4.69, 9.17) is 23.4 Å². The van der Waals surface area contributed by atoms with Crippen LogP contribution in [0.4, 0.5) is 0 Å². The standard InChI is InChI=1S/C57H62O10/c1-35(33-58)44-23-19-36-17-20-39(21-18-36)45-24-22-41(40-14-10-13-38(30-40)29-37-11-6-4-7-12-37)31-42(45)32-50(60)64-53-51-49(67-57(2,54(53)66-55(44)61)43-15-8-5-9-16-43)26-25-46-48(34-59)47(27-28-63-3)56(62)65-52(46)51/h4,6-7,10-14,17-18,20-22,24-26,30,41-43,45,53-54,58-59H,5,8-9,15-16,19,23,27-29,31-34H2,1-3H3. The van der Waals surface area contributed by atoms with Crippen molar-refractivity contribution in [2.45, 2.75) is 121 Å². The van der Waals surface area contributed by atoms with Crippen molar-refractivity contribution in [1.82, 2.24) is 0 Å². The quantitative estimate of drug-likeness (QED) is 0.0635. The molecule has 4 aromatic carbocycles. The number of carbonyl (C=O) groups is 2. The summed E-state index contributed by atoms with van der Waals surface area (Å²) in [6.45, 7) is 3.11. The van der Waals surface area contributed by atoms with Gasteiger partial charge < -0.3 is 33.6 Å². The van der Waals surface area contributed by atoms with E-state index in [1.54, 1.807) is 26.2 Å². The molecule has 2 aliphatic carbocycles. The lowest BCUT2D eigenvalue weighted by atomic mass is 9.71. The molecule has 1 saturated carbocycles. The summed E-state index contributed by atoms with van der Waals surface area (Å²) in [7, 11) is 1.54. The van der Waals surface area contributed by atoms with Crippen LogP contribution in [0.2, 0.25) is 0 Å². The van der Waals surface area contributed by atoms with Crippen LogP contribution in [0.25, 0.3) is 11.0 Å². The van der Waals surface area contributed by atoms with Crippen molar-refractivity contribution in [2.24, 2.45) is 11.8 Å². The lowest BCUT2D eigenvalue weighted by Crippen LogP contribution is -2.58. The number of methoxy groups -OCH3 is 1. The SMILES string of the molecule is COCCc1c(CO)c2ccc3c(c2oc1=O)C1OC(=O)CC2CC(c4cccc(Cc5ccccc5)c4)C=CC2c2ccc(cc2)CCC(=C(C)CO)C(=O)OC1C(C)(C1CCCCC1)O3. The first-order valence-corrected chi connectivity index (χ1v) is 24.1. The van der Waals surface area contributed by atoms with Gasteiger partial charge in [0.15, 0.2) is 12.2 Å². The molecule has 0 spiro atoms. The summed E-state index contributed by atoms with van der Waals surface area (Å²) in [5.41, 5.74) is 5.78. The summed E-state index contributed by atoms with van der Waals surface area (Å²) >= 11 is 0. The van der Waals surface area contributed by atoms with E-state index in [1.165, 1.54) is 16.7 Å². The third-order valence-corrected chi connectivity index (χ3v) is 15.1. The molecule has 6 unspecified atom stereocenters. The number of fused-ring (bicyclic) bond motifs is 11. The minimum Gasteiger partial charge on any atom is -0.483 e. The topological polar surface area (TPSA) is 142 Å². The molecule has 2 N–H and O–H groups in total. The zero-order valence-corrected chi connectivity index (χ0v) is 38.8. The smallest absolute Gasteiger partial charge is 0.339 e. The predicted molar refractivity (Wildman–Crippen MR) is 256 cm³/mol. The van der Waals surface area contributed by atoms with E-state index in [-0.39, 0.29) is 66.4 Å². The summed E-state index contributed by atoms with van der Waals surface area (Å²) in [5, 5.41) is 21.7. The fourth-order valence-electron chi connectivity index (χ4n) is 11.3. The number of ether oxygens (including phenoxy) is 4. The predicted octanol–water partition coefficient (Wildman–Crippen LogP) is 10.1. The molecule has 10 rings (SSSR count). The highest BCUT2D eigenvalue weighted by Crippen LogP contribution is 2.52. The van der Waals surface area contributed by atoms with Crippen LogP contribution in [-0.4, -0.2) is 54.2 Å². The molecule has 0 saturated heterocycles. The average Bonchev–Trinajstić information content (AvgIpc) is 3.34. The van der Waals surface area contributed by atoms with Crippen LogP contribution in [0.3, 0.4) is 0 Å². The molecular weight excluding hydrogens is 845 g/mol. The summed E-state index contributed by atoms with van der Waals surface area (Å²) in [6, 6.07) is 31.1. The molecule has 6 atom stereocenters. The van der Waals surface area contributed by atoms with Crippen molar-refractivity contribution in [2.75, 3.05) is 20.3 Å². The molecule has 3 aliphatic heterocycles. The molecule has 4 heterocycles. The summed E-state index contributed by atoms with van der Waals surface area (Å²) in [5.74, 6) is -1.06. The first-order chi connectivity index (χ1) is 32.6. The number of hydrogen-bond acceptors (Lipinski definition) is 10. The Morgan fingerprint density at radius 2 is 1.60 bits per heavy atom. The Balaban J connectivity index is 1.17. The highest BCUT2D eigenvalue weighted by Gasteiger charge is 2.56. The number of allylic oxidation sites excluding steroid dienone is 2. The summed E-state index contributed by atoms with van der Waals surface area (Å²) in [4.78, 5) is 43.8. The molecule has 1 fully saturated rings. The minimum absolute atomic E-state index is 0.0455. The van der Waals surface area contributed by atoms with Gasteiger partial charge in [0.05, 0.1) is 25.4 Å². The lowest BCUT2D eigenvalue weighted by molar-refractivity contribution is -0.201. The summed E-state index contributed by atoms with van der Waals surface area (Å²) < 4.78 is 32.1. The van der Waals surface area contributed by atoms with E-state index < -0.39 is 42.0 Å². The number of carbonyl (C=O) groups excluding carboxylic acids is 2. The van der Waals surface area contributed by atoms with Crippen LogP contribution in [0.1, 0.15) is 128 Å². The van der Waals surface area contributed by atoms with Crippen LogP contribution >= 0.6 is 0 Å².